The molecule has 0 amide bonds. The lowest BCUT2D eigenvalue weighted by Gasteiger charge is -2.16. The van der Waals surface area contributed by atoms with E-state index in [2.05, 4.69) is 27.5 Å². The Labute approximate surface area is 121 Å². The van der Waals surface area contributed by atoms with E-state index in [0.717, 1.165) is 11.9 Å². The molecular weight excluding hydrogens is 306 g/mol. The van der Waals surface area contributed by atoms with E-state index in [0.29, 0.717) is 15.9 Å². The van der Waals surface area contributed by atoms with Gasteiger partial charge in [-0.05, 0) is 47.5 Å². The largest absolute Gasteiger partial charge is 0.486 e. The van der Waals surface area contributed by atoms with Gasteiger partial charge in [-0.25, -0.2) is 4.98 Å². The molecule has 1 heterocycles. The molecule has 0 fully saturated rings. The van der Waals surface area contributed by atoms with Crippen LogP contribution >= 0.6 is 15.9 Å². The topological polar surface area (TPSA) is 39.2 Å². The highest BCUT2D eigenvalue weighted by Crippen LogP contribution is 2.19. The maximum Gasteiger partial charge on any atom is 0.149 e. The molecule has 4 heteroatoms. The lowest BCUT2D eigenvalue weighted by molar-refractivity contribution is -0.104. The Balaban J connectivity index is 2.88. The van der Waals surface area contributed by atoms with Crippen molar-refractivity contribution in [1.29, 1.82) is 0 Å². The maximum absolute atomic E-state index is 10.8. The van der Waals surface area contributed by atoms with Crippen molar-refractivity contribution in [3.05, 3.63) is 58.9 Å². The van der Waals surface area contributed by atoms with Gasteiger partial charge in [0.25, 0.3) is 0 Å². The molecule has 1 aromatic rings. The normalized spacial score (nSPS) is 13.8. The Hall–Kier alpha value is -1.68. The first-order valence-corrected chi connectivity index (χ1v) is 6.63. The second-order valence-electron chi connectivity index (χ2n) is 3.83. The number of nitrogens with zero attached hydrogens (tertiary/aromatic N) is 1. The Kier molecular flexibility index (Phi) is 6.22. The van der Waals surface area contributed by atoms with E-state index >= 15 is 0 Å². The number of aromatic nitrogens is 1. The van der Waals surface area contributed by atoms with Crippen LogP contribution in [0.3, 0.4) is 0 Å². The van der Waals surface area contributed by atoms with Crippen LogP contribution in [-0.2, 0) is 4.79 Å². The lowest BCUT2D eigenvalue weighted by Crippen LogP contribution is -2.14. The van der Waals surface area contributed by atoms with Crippen LogP contribution in [0.1, 0.15) is 13.8 Å². The van der Waals surface area contributed by atoms with Gasteiger partial charge in [-0.15, -0.1) is 0 Å². The predicted molar refractivity (Wildman–Crippen MR) is 80.1 cm³/mol. The van der Waals surface area contributed by atoms with E-state index in [1.165, 1.54) is 0 Å². The van der Waals surface area contributed by atoms with Crippen molar-refractivity contribution >= 4 is 22.2 Å². The summed E-state index contributed by atoms with van der Waals surface area (Å²) in [6.07, 6.45) is 7.45. The summed E-state index contributed by atoms with van der Waals surface area (Å²) < 4.78 is 6.50. The molecule has 0 N–H and O–H groups in total. The van der Waals surface area contributed by atoms with Gasteiger partial charge in [0.2, 0.25) is 0 Å². The van der Waals surface area contributed by atoms with Crippen LogP contribution in [0.25, 0.3) is 0 Å². The summed E-state index contributed by atoms with van der Waals surface area (Å²) in [5.41, 5.74) is 1.44. The molecule has 1 rings (SSSR count). The summed E-state index contributed by atoms with van der Waals surface area (Å²) in [7, 11) is 0. The quantitative estimate of drug-likeness (QED) is 0.345. The first-order chi connectivity index (χ1) is 9.10. The number of carbonyl (C=O) groups is 1. The van der Waals surface area contributed by atoms with Crippen molar-refractivity contribution in [3.8, 4) is 5.75 Å². The standard InChI is InChI=1S/C15H16BrNO2/c1-4-12(10-18)8-13(5-2)11(3)19-14-6-7-17-15(16)9-14/h4-11H,2H2,1,3H3/b12-4+,13-8+. The van der Waals surface area contributed by atoms with E-state index in [1.54, 1.807) is 36.6 Å². The van der Waals surface area contributed by atoms with Gasteiger partial charge < -0.3 is 4.74 Å². The zero-order valence-electron chi connectivity index (χ0n) is 11.0. The summed E-state index contributed by atoms with van der Waals surface area (Å²) in [4.78, 5) is 14.8. The van der Waals surface area contributed by atoms with Crippen LogP contribution in [0.5, 0.6) is 5.75 Å². The highest BCUT2D eigenvalue weighted by atomic mass is 79.9. The number of ether oxygens (including phenoxy) is 1. The minimum atomic E-state index is -0.207. The Bertz CT molecular complexity index is 521. The van der Waals surface area contributed by atoms with Gasteiger partial charge in [0.1, 0.15) is 22.7 Å². The minimum absolute atomic E-state index is 0.207. The van der Waals surface area contributed by atoms with Crippen molar-refractivity contribution < 1.29 is 9.53 Å². The van der Waals surface area contributed by atoms with Crippen molar-refractivity contribution in [2.45, 2.75) is 20.0 Å². The molecule has 0 spiro atoms. The number of hydrogen-bond donors (Lipinski definition) is 0. The molecule has 0 saturated carbocycles. The first-order valence-electron chi connectivity index (χ1n) is 5.84. The van der Waals surface area contributed by atoms with Gasteiger partial charge in [-0.3, -0.25) is 4.79 Å². The van der Waals surface area contributed by atoms with Crippen LogP contribution in [0, 0.1) is 0 Å². The van der Waals surface area contributed by atoms with E-state index in [1.807, 2.05) is 13.8 Å². The average Bonchev–Trinajstić information content (AvgIpc) is 2.40. The number of allylic oxidation sites excluding steroid dienone is 3. The molecule has 19 heavy (non-hydrogen) atoms. The fraction of sp³-hybridized carbons (Fsp3) is 0.200. The molecule has 1 unspecified atom stereocenters. The number of pyridine rings is 1. The molecule has 0 saturated heterocycles. The van der Waals surface area contributed by atoms with Crippen LogP contribution in [-0.4, -0.2) is 17.4 Å². The molecule has 0 bridgehead atoms. The molecular formula is C15H16BrNO2. The fourth-order valence-electron chi connectivity index (χ4n) is 1.45. The second kappa shape index (κ2) is 7.69. The van der Waals surface area contributed by atoms with E-state index < -0.39 is 0 Å². The van der Waals surface area contributed by atoms with Crippen LogP contribution in [0.4, 0.5) is 0 Å². The van der Waals surface area contributed by atoms with Crippen LogP contribution < -0.4 is 4.74 Å². The molecule has 0 aliphatic heterocycles. The Morgan fingerprint density at radius 3 is 2.84 bits per heavy atom. The van der Waals surface area contributed by atoms with Crippen LogP contribution in [0.15, 0.2) is 58.9 Å². The maximum atomic E-state index is 10.8. The number of aldehydes is 1. The van der Waals surface area contributed by atoms with E-state index in [9.17, 15) is 4.79 Å². The summed E-state index contributed by atoms with van der Waals surface area (Å²) in [5.74, 6) is 0.704. The van der Waals surface area contributed by atoms with E-state index in [-0.39, 0.29) is 6.10 Å². The van der Waals surface area contributed by atoms with Crippen molar-refractivity contribution in [3.63, 3.8) is 0 Å². The second-order valence-corrected chi connectivity index (χ2v) is 4.64. The number of rotatable bonds is 6. The van der Waals surface area contributed by atoms with Gasteiger partial charge in [-0.1, -0.05) is 18.7 Å². The zero-order valence-corrected chi connectivity index (χ0v) is 12.6. The Morgan fingerprint density at radius 2 is 2.32 bits per heavy atom. The molecule has 1 atom stereocenters. The highest BCUT2D eigenvalue weighted by molar-refractivity contribution is 9.10. The summed E-state index contributed by atoms with van der Waals surface area (Å²) in [6.45, 7) is 7.46. The molecule has 3 nitrogen and oxygen atoms in total. The van der Waals surface area contributed by atoms with Gasteiger partial charge in [0.15, 0.2) is 0 Å². The number of halogens is 1. The van der Waals surface area contributed by atoms with Crippen LogP contribution in [0.2, 0.25) is 0 Å². The minimum Gasteiger partial charge on any atom is -0.486 e. The summed E-state index contributed by atoms with van der Waals surface area (Å²) in [6, 6.07) is 3.56. The van der Waals surface area contributed by atoms with Gasteiger partial charge >= 0.3 is 0 Å². The molecule has 0 aliphatic carbocycles. The molecule has 1 aromatic heterocycles. The lowest BCUT2D eigenvalue weighted by atomic mass is 10.1. The zero-order chi connectivity index (χ0) is 14.3. The number of hydrogen-bond acceptors (Lipinski definition) is 3. The monoisotopic (exact) mass is 321 g/mol. The third-order valence-electron chi connectivity index (χ3n) is 2.52. The van der Waals surface area contributed by atoms with Gasteiger partial charge in [-0.2, -0.15) is 0 Å². The van der Waals surface area contributed by atoms with Gasteiger partial charge in [0.05, 0.1) is 0 Å². The van der Waals surface area contributed by atoms with Crippen molar-refractivity contribution in [1.82, 2.24) is 4.98 Å². The van der Waals surface area contributed by atoms with E-state index in [4.69, 9.17) is 4.74 Å². The highest BCUT2D eigenvalue weighted by Gasteiger charge is 2.08. The fourth-order valence-corrected chi connectivity index (χ4v) is 1.79. The summed E-state index contributed by atoms with van der Waals surface area (Å²) >= 11 is 3.29. The predicted octanol–water partition coefficient (Wildman–Crippen LogP) is 3.87. The SMILES string of the molecule is C=C/C(=C\C(C=O)=C/C)C(C)Oc1ccnc(Br)c1. The third kappa shape index (κ3) is 4.83. The van der Waals surface area contributed by atoms with Crippen molar-refractivity contribution in [2.75, 3.05) is 0 Å². The smallest absolute Gasteiger partial charge is 0.149 e. The van der Waals surface area contributed by atoms with Crippen molar-refractivity contribution in [2.24, 2.45) is 0 Å². The first kappa shape index (κ1) is 15.4. The molecule has 0 radical (unpaired) electrons. The number of carbonyl (C=O) groups excluding carboxylic acids is 1. The molecule has 0 aromatic carbocycles. The summed E-state index contributed by atoms with van der Waals surface area (Å²) in [5, 5.41) is 0. The Morgan fingerprint density at radius 1 is 1.58 bits per heavy atom. The van der Waals surface area contributed by atoms with Gasteiger partial charge in [0, 0.05) is 17.8 Å². The third-order valence-corrected chi connectivity index (χ3v) is 2.95. The molecule has 100 valence electrons. The molecule has 0 aliphatic rings. The average molecular weight is 322 g/mol.